The van der Waals surface area contributed by atoms with Crippen LogP contribution in [-0.4, -0.2) is 13.0 Å². The van der Waals surface area contributed by atoms with Gasteiger partial charge in [0.1, 0.15) is 6.26 Å². The first-order chi connectivity index (χ1) is 9.62. The summed E-state index contributed by atoms with van der Waals surface area (Å²) in [6.07, 6.45) is -9.02. The molecule has 12 heavy (non-hydrogen) atoms. The molecule has 1 aliphatic heterocycles. The van der Waals surface area contributed by atoms with E-state index in [2.05, 4.69) is 15.9 Å². The van der Waals surface area contributed by atoms with Gasteiger partial charge >= 0.3 is 0 Å². The summed E-state index contributed by atoms with van der Waals surface area (Å²) in [7, 11) is 0. The number of rotatable bonds is 1. The summed E-state index contributed by atoms with van der Waals surface area (Å²) in [5.74, 6) is -0.454. The van der Waals surface area contributed by atoms with Gasteiger partial charge in [-0.2, -0.15) is 0 Å². The lowest BCUT2D eigenvalue weighted by atomic mass is 10.1. The Kier molecular flexibility index (Phi) is 0.743. The van der Waals surface area contributed by atoms with Gasteiger partial charge in [-0.15, -0.1) is 0 Å². The molecule has 1 aromatic rings. The lowest BCUT2D eigenvalue weighted by Gasteiger charge is -2.25. The Balaban J connectivity index is 2.77. The molecule has 0 bridgehead atoms. The predicted molar refractivity (Wildman–Crippen MR) is 52.5 cm³/mol. The molecule has 3 heteroatoms. The topological polar surface area (TPSA) is 16.4 Å². The van der Waals surface area contributed by atoms with E-state index in [9.17, 15) is 0 Å². The molecule has 0 unspecified atom stereocenters. The zero-order valence-electron chi connectivity index (χ0n) is 15.9. The normalized spacial score (nSPS) is 51.6. The molecule has 0 amide bonds. The van der Waals surface area contributed by atoms with Crippen molar-refractivity contribution in [3.8, 4) is 0 Å². The summed E-state index contributed by atoms with van der Waals surface area (Å²) in [4.78, 5) is 0.173. The minimum atomic E-state index is -3.42. The van der Waals surface area contributed by atoms with Crippen LogP contribution in [-0.2, 0) is 0 Å². The van der Waals surface area contributed by atoms with Gasteiger partial charge in [-0.05, 0) is 35.0 Å². The molecule has 1 aromatic heterocycles. The van der Waals surface area contributed by atoms with Crippen LogP contribution in [0.1, 0.15) is 32.8 Å². The maximum absolute atomic E-state index is 7.92. The van der Waals surface area contributed by atoms with Crippen LogP contribution in [0.4, 0.5) is 5.88 Å². The van der Waals surface area contributed by atoms with Gasteiger partial charge in [0.25, 0.3) is 0 Å². The summed E-state index contributed by atoms with van der Waals surface area (Å²) in [5, 5.41) is 0. The molecule has 0 saturated carbocycles. The van der Waals surface area contributed by atoms with Crippen molar-refractivity contribution < 1.29 is 18.1 Å². The fraction of sp³-hybridized carbons (Fsp3) is 0.556. The quantitative estimate of drug-likeness (QED) is 0.750. The van der Waals surface area contributed by atoms with Crippen molar-refractivity contribution in [2.75, 3.05) is 17.9 Å². The van der Waals surface area contributed by atoms with E-state index in [1.54, 1.807) is 0 Å². The van der Waals surface area contributed by atoms with Crippen LogP contribution < -0.4 is 4.90 Å². The SMILES string of the molecule is [2H]C1([2H])N(c2cc(Br)co2)C([2H])([2H])C([2H])([2H])C([2H])([2H])C1([2H])[2H]. The fourth-order valence-electron chi connectivity index (χ4n) is 0.757. The minimum absolute atomic E-state index is 0.173. The Morgan fingerprint density at radius 1 is 1.42 bits per heavy atom. The number of anilines is 1. The number of furan rings is 1. The second kappa shape index (κ2) is 3.52. The van der Waals surface area contributed by atoms with Crippen molar-refractivity contribution >= 4 is 21.8 Å². The average molecular weight is 240 g/mol. The number of nitrogens with zero attached hydrogens (tertiary/aromatic N) is 1. The van der Waals surface area contributed by atoms with Crippen molar-refractivity contribution in [1.29, 1.82) is 0 Å². The van der Waals surface area contributed by atoms with Crippen LogP contribution in [0, 0.1) is 0 Å². The van der Waals surface area contributed by atoms with E-state index in [0.717, 1.165) is 12.3 Å². The second-order valence-corrected chi connectivity index (χ2v) is 2.95. The van der Waals surface area contributed by atoms with E-state index in [-0.39, 0.29) is 4.90 Å². The van der Waals surface area contributed by atoms with Crippen LogP contribution in [0.2, 0.25) is 0 Å². The molecule has 2 heterocycles. The predicted octanol–water partition coefficient (Wildman–Crippen LogP) is 3.03. The van der Waals surface area contributed by atoms with E-state index in [1.807, 2.05) is 0 Å². The number of hydrogen-bond acceptors (Lipinski definition) is 2. The van der Waals surface area contributed by atoms with Gasteiger partial charge in [0.15, 0.2) is 5.88 Å². The molecule has 0 aliphatic carbocycles. The minimum Gasteiger partial charge on any atom is -0.448 e. The highest BCUT2D eigenvalue weighted by Gasteiger charge is 2.13. The van der Waals surface area contributed by atoms with Crippen molar-refractivity contribution in [3.05, 3.63) is 16.8 Å². The summed E-state index contributed by atoms with van der Waals surface area (Å²) in [5.41, 5.74) is 0. The van der Waals surface area contributed by atoms with Gasteiger partial charge in [0, 0.05) is 32.8 Å². The Hall–Kier alpha value is -0.440. The fourth-order valence-corrected chi connectivity index (χ4v) is 1.05. The van der Waals surface area contributed by atoms with E-state index >= 15 is 0 Å². The van der Waals surface area contributed by atoms with E-state index < -0.39 is 38.0 Å². The van der Waals surface area contributed by atoms with Crippen molar-refractivity contribution in [3.63, 3.8) is 0 Å². The first-order valence-corrected chi connectivity index (χ1v) is 3.96. The lowest BCUT2D eigenvalue weighted by Crippen LogP contribution is -2.28. The molecule has 66 valence electrons. The Morgan fingerprint density at radius 3 is 2.75 bits per heavy atom. The van der Waals surface area contributed by atoms with Gasteiger partial charge in [-0.3, -0.25) is 0 Å². The molecular weight excluding hydrogens is 218 g/mol. The molecule has 1 saturated heterocycles. The van der Waals surface area contributed by atoms with Crippen LogP contribution in [0.15, 0.2) is 21.2 Å². The van der Waals surface area contributed by atoms with Gasteiger partial charge < -0.3 is 9.32 Å². The van der Waals surface area contributed by atoms with E-state index in [4.69, 9.17) is 18.1 Å². The Morgan fingerprint density at radius 2 is 2.17 bits per heavy atom. The Bertz CT molecular complexity index is 567. The molecule has 0 N–H and O–H groups in total. The first kappa shape index (κ1) is 2.53. The summed E-state index contributed by atoms with van der Waals surface area (Å²) >= 11 is 3.03. The van der Waals surface area contributed by atoms with E-state index in [0.29, 0.717) is 4.47 Å². The summed E-state index contributed by atoms with van der Waals surface area (Å²) < 4.78 is 83.4. The number of halogens is 1. The number of hydrogen-bond donors (Lipinski definition) is 0. The highest BCUT2D eigenvalue weighted by molar-refractivity contribution is 9.10. The lowest BCUT2D eigenvalue weighted by molar-refractivity contribution is 0.500. The molecule has 1 aliphatic rings. The van der Waals surface area contributed by atoms with Crippen LogP contribution in [0.5, 0.6) is 0 Å². The zero-order chi connectivity index (χ0) is 17.4. The van der Waals surface area contributed by atoms with Gasteiger partial charge in [0.2, 0.25) is 0 Å². The third kappa shape index (κ3) is 1.66. The van der Waals surface area contributed by atoms with Crippen LogP contribution >= 0.6 is 15.9 Å². The summed E-state index contributed by atoms with van der Waals surface area (Å²) in [6.45, 7) is -6.41. The van der Waals surface area contributed by atoms with Crippen molar-refractivity contribution in [1.82, 2.24) is 0 Å². The van der Waals surface area contributed by atoms with Gasteiger partial charge in [-0.25, -0.2) is 0 Å². The molecule has 0 spiro atoms. The third-order valence-electron chi connectivity index (χ3n) is 1.23. The van der Waals surface area contributed by atoms with E-state index in [1.165, 1.54) is 0 Å². The molecule has 0 radical (unpaired) electrons. The highest BCUT2D eigenvalue weighted by Crippen LogP contribution is 2.24. The molecule has 2 rings (SSSR count). The van der Waals surface area contributed by atoms with Crippen molar-refractivity contribution in [2.24, 2.45) is 0 Å². The highest BCUT2D eigenvalue weighted by atomic mass is 79.9. The van der Waals surface area contributed by atoms with Gasteiger partial charge in [0.05, 0.1) is 4.47 Å². The zero-order valence-corrected chi connectivity index (χ0v) is 7.47. The average Bonchev–Trinajstić information content (AvgIpc) is 2.72. The second-order valence-electron chi connectivity index (χ2n) is 2.04. The molecule has 0 atom stereocenters. The molecular formula is C9H12BrNO. The molecule has 2 nitrogen and oxygen atoms in total. The maximum Gasteiger partial charge on any atom is 0.196 e. The standard InChI is InChI=1S/C9H12BrNO/c10-8-6-9(12-7-8)11-4-2-1-3-5-11/h6-7H,1-5H2/i1D2,2D2,3D2,4D2,5D2. The summed E-state index contributed by atoms with van der Waals surface area (Å²) in [6, 6.07) is 1.16. The third-order valence-corrected chi connectivity index (χ3v) is 1.65. The van der Waals surface area contributed by atoms with Gasteiger partial charge in [-0.1, -0.05) is 0 Å². The monoisotopic (exact) mass is 239 g/mol. The molecule has 0 aromatic carbocycles. The molecule has 1 fully saturated rings. The Labute approximate surface area is 94.7 Å². The van der Waals surface area contributed by atoms with Crippen molar-refractivity contribution in [2.45, 2.75) is 19.1 Å². The largest absolute Gasteiger partial charge is 0.448 e. The van der Waals surface area contributed by atoms with Crippen LogP contribution in [0.25, 0.3) is 0 Å². The first-order valence-electron chi connectivity index (χ1n) is 8.17. The number of piperidine rings is 1. The smallest absolute Gasteiger partial charge is 0.196 e. The maximum atomic E-state index is 7.92. The van der Waals surface area contributed by atoms with Crippen LogP contribution in [0.3, 0.4) is 0 Å².